The molecule has 0 heterocycles. The van der Waals surface area contributed by atoms with Gasteiger partial charge in [-0.1, -0.05) is 18.2 Å². The van der Waals surface area contributed by atoms with Gasteiger partial charge in [-0.3, -0.25) is 0 Å². The molecule has 0 saturated heterocycles. The summed E-state index contributed by atoms with van der Waals surface area (Å²) in [5.74, 6) is 2.36. The standard InChI is InChI=1S/C17H18O3/c18-16-7-4-8-17(16)20-15-11-9-14(10-12-15)19-13-5-2-1-3-6-13/h1-3,5-6,9-12,16-18H,4,7-8H2/t16-,17-/m1/s1. The molecule has 0 aliphatic heterocycles. The highest BCUT2D eigenvalue weighted by Crippen LogP contribution is 2.27. The van der Waals surface area contributed by atoms with E-state index in [0.29, 0.717) is 0 Å². The molecule has 0 bridgehead atoms. The Kier molecular flexibility index (Phi) is 3.88. The van der Waals surface area contributed by atoms with Gasteiger partial charge in [0.05, 0.1) is 6.10 Å². The number of rotatable bonds is 4. The first-order valence-corrected chi connectivity index (χ1v) is 6.99. The van der Waals surface area contributed by atoms with E-state index in [4.69, 9.17) is 9.47 Å². The first kappa shape index (κ1) is 13.0. The topological polar surface area (TPSA) is 38.7 Å². The van der Waals surface area contributed by atoms with Crippen LogP contribution in [0.5, 0.6) is 17.2 Å². The molecule has 2 atom stereocenters. The van der Waals surface area contributed by atoms with Crippen molar-refractivity contribution in [1.29, 1.82) is 0 Å². The number of hydrogen-bond donors (Lipinski definition) is 1. The van der Waals surface area contributed by atoms with Gasteiger partial charge in [0, 0.05) is 0 Å². The molecular formula is C17H18O3. The normalized spacial score (nSPS) is 21.6. The highest BCUT2D eigenvalue weighted by Gasteiger charge is 2.26. The van der Waals surface area contributed by atoms with Crippen LogP contribution in [0.2, 0.25) is 0 Å². The Morgan fingerprint density at radius 1 is 0.800 bits per heavy atom. The summed E-state index contributed by atoms with van der Waals surface area (Å²) in [6.07, 6.45) is 2.37. The summed E-state index contributed by atoms with van der Waals surface area (Å²) in [6.45, 7) is 0. The molecule has 104 valence electrons. The average Bonchev–Trinajstić information content (AvgIpc) is 2.88. The molecule has 0 amide bonds. The summed E-state index contributed by atoms with van der Waals surface area (Å²) < 4.78 is 11.5. The fraction of sp³-hybridized carbons (Fsp3) is 0.294. The number of hydrogen-bond acceptors (Lipinski definition) is 3. The summed E-state index contributed by atoms with van der Waals surface area (Å²) in [4.78, 5) is 0. The van der Waals surface area contributed by atoms with Gasteiger partial charge in [-0.15, -0.1) is 0 Å². The highest BCUT2D eigenvalue weighted by molar-refractivity contribution is 5.35. The van der Waals surface area contributed by atoms with Crippen molar-refractivity contribution in [3.8, 4) is 17.2 Å². The van der Waals surface area contributed by atoms with E-state index in [0.717, 1.165) is 36.5 Å². The molecule has 3 rings (SSSR count). The third-order valence-corrected chi connectivity index (χ3v) is 3.51. The van der Waals surface area contributed by atoms with Crippen molar-refractivity contribution >= 4 is 0 Å². The fourth-order valence-electron chi connectivity index (χ4n) is 2.43. The van der Waals surface area contributed by atoms with Crippen LogP contribution in [0.1, 0.15) is 19.3 Å². The van der Waals surface area contributed by atoms with Crippen molar-refractivity contribution in [3.05, 3.63) is 54.6 Å². The zero-order valence-electron chi connectivity index (χ0n) is 11.2. The molecular weight excluding hydrogens is 252 g/mol. The molecule has 0 radical (unpaired) electrons. The van der Waals surface area contributed by atoms with Crippen LogP contribution in [0.4, 0.5) is 0 Å². The Hall–Kier alpha value is -2.00. The first-order chi connectivity index (χ1) is 9.81. The molecule has 0 unspecified atom stereocenters. The summed E-state index contributed by atoms with van der Waals surface area (Å²) in [5.41, 5.74) is 0. The number of aliphatic hydroxyl groups is 1. The van der Waals surface area contributed by atoms with Crippen molar-refractivity contribution < 1.29 is 14.6 Å². The van der Waals surface area contributed by atoms with Crippen LogP contribution >= 0.6 is 0 Å². The van der Waals surface area contributed by atoms with Gasteiger partial charge in [-0.2, -0.15) is 0 Å². The molecule has 1 saturated carbocycles. The van der Waals surface area contributed by atoms with Gasteiger partial charge in [0.2, 0.25) is 0 Å². The van der Waals surface area contributed by atoms with E-state index in [1.807, 2.05) is 54.6 Å². The van der Waals surface area contributed by atoms with E-state index in [2.05, 4.69) is 0 Å². The van der Waals surface area contributed by atoms with Crippen LogP contribution in [-0.2, 0) is 0 Å². The third kappa shape index (κ3) is 3.11. The number of para-hydroxylation sites is 1. The van der Waals surface area contributed by atoms with E-state index >= 15 is 0 Å². The maximum atomic E-state index is 9.75. The second kappa shape index (κ2) is 5.97. The van der Waals surface area contributed by atoms with Gasteiger partial charge in [0.25, 0.3) is 0 Å². The monoisotopic (exact) mass is 270 g/mol. The van der Waals surface area contributed by atoms with E-state index < -0.39 is 0 Å². The highest BCUT2D eigenvalue weighted by atomic mass is 16.5. The van der Waals surface area contributed by atoms with Gasteiger partial charge < -0.3 is 14.6 Å². The molecule has 1 fully saturated rings. The second-order valence-electron chi connectivity index (χ2n) is 5.04. The summed E-state index contributed by atoms with van der Waals surface area (Å²) >= 11 is 0. The van der Waals surface area contributed by atoms with Crippen molar-refractivity contribution in [3.63, 3.8) is 0 Å². The van der Waals surface area contributed by atoms with Crippen molar-refractivity contribution in [1.82, 2.24) is 0 Å². The molecule has 20 heavy (non-hydrogen) atoms. The SMILES string of the molecule is O[C@@H]1CCC[C@H]1Oc1ccc(Oc2ccccc2)cc1. The van der Waals surface area contributed by atoms with Crippen LogP contribution in [-0.4, -0.2) is 17.3 Å². The lowest BCUT2D eigenvalue weighted by Crippen LogP contribution is -2.25. The van der Waals surface area contributed by atoms with Gasteiger partial charge in [-0.05, 0) is 55.7 Å². The Balaban J connectivity index is 1.62. The van der Waals surface area contributed by atoms with E-state index in [1.54, 1.807) is 0 Å². The third-order valence-electron chi connectivity index (χ3n) is 3.51. The maximum Gasteiger partial charge on any atom is 0.127 e. The maximum absolute atomic E-state index is 9.75. The molecule has 1 aliphatic rings. The number of benzene rings is 2. The Morgan fingerprint density at radius 3 is 2.10 bits per heavy atom. The zero-order chi connectivity index (χ0) is 13.8. The van der Waals surface area contributed by atoms with Crippen molar-refractivity contribution in [2.45, 2.75) is 31.5 Å². The molecule has 2 aromatic rings. The second-order valence-corrected chi connectivity index (χ2v) is 5.04. The lowest BCUT2D eigenvalue weighted by Gasteiger charge is -2.17. The van der Waals surface area contributed by atoms with E-state index in [-0.39, 0.29) is 12.2 Å². The van der Waals surface area contributed by atoms with Gasteiger partial charge in [-0.25, -0.2) is 0 Å². The molecule has 3 heteroatoms. The minimum Gasteiger partial charge on any atom is -0.488 e. The lowest BCUT2D eigenvalue weighted by molar-refractivity contribution is 0.0604. The van der Waals surface area contributed by atoms with Gasteiger partial charge in [0.15, 0.2) is 0 Å². The molecule has 3 nitrogen and oxygen atoms in total. The fourth-order valence-corrected chi connectivity index (χ4v) is 2.43. The predicted molar refractivity (Wildman–Crippen MR) is 77.2 cm³/mol. The molecule has 0 aromatic heterocycles. The van der Waals surface area contributed by atoms with Crippen LogP contribution in [0.3, 0.4) is 0 Å². The zero-order valence-corrected chi connectivity index (χ0v) is 11.2. The van der Waals surface area contributed by atoms with Crippen LogP contribution < -0.4 is 9.47 Å². The quantitative estimate of drug-likeness (QED) is 0.919. The Bertz CT molecular complexity index is 536. The summed E-state index contributed by atoms with van der Waals surface area (Å²) in [5, 5.41) is 9.75. The molecule has 0 spiro atoms. The summed E-state index contributed by atoms with van der Waals surface area (Å²) in [6, 6.07) is 17.2. The lowest BCUT2D eigenvalue weighted by atomic mass is 10.2. The van der Waals surface area contributed by atoms with Crippen LogP contribution in [0.15, 0.2) is 54.6 Å². The Morgan fingerprint density at radius 2 is 1.45 bits per heavy atom. The first-order valence-electron chi connectivity index (χ1n) is 6.99. The van der Waals surface area contributed by atoms with E-state index in [9.17, 15) is 5.11 Å². The van der Waals surface area contributed by atoms with Gasteiger partial charge in [0.1, 0.15) is 23.4 Å². The average molecular weight is 270 g/mol. The minimum atomic E-state index is -0.338. The molecule has 2 aromatic carbocycles. The summed E-state index contributed by atoms with van der Waals surface area (Å²) in [7, 11) is 0. The molecule has 1 aliphatic carbocycles. The van der Waals surface area contributed by atoms with Crippen LogP contribution in [0.25, 0.3) is 0 Å². The van der Waals surface area contributed by atoms with Crippen molar-refractivity contribution in [2.24, 2.45) is 0 Å². The number of aliphatic hydroxyl groups excluding tert-OH is 1. The Labute approximate surface area is 118 Å². The van der Waals surface area contributed by atoms with Gasteiger partial charge >= 0.3 is 0 Å². The predicted octanol–water partition coefficient (Wildman–Crippen LogP) is 3.77. The number of ether oxygens (including phenoxy) is 2. The molecule has 1 N–H and O–H groups in total. The minimum absolute atomic E-state index is 0.0732. The van der Waals surface area contributed by atoms with E-state index in [1.165, 1.54) is 0 Å². The smallest absolute Gasteiger partial charge is 0.127 e. The van der Waals surface area contributed by atoms with Crippen molar-refractivity contribution in [2.75, 3.05) is 0 Å². The van der Waals surface area contributed by atoms with Crippen LogP contribution in [0, 0.1) is 0 Å². The largest absolute Gasteiger partial charge is 0.488 e.